The number of fused-ring (bicyclic) bond motifs is 1. The molecule has 2 aromatic rings. The SMILES string of the molecule is CN1C(=O)C(NC(=O)NC(=O)c2ccccc2)N=C(c2ccccc2)C2C=CC=CC21. The fourth-order valence-corrected chi connectivity index (χ4v) is 3.73. The van der Waals surface area contributed by atoms with Crippen molar-refractivity contribution in [2.45, 2.75) is 12.2 Å². The van der Waals surface area contributed by atoms with Crippen molar-refractivity contribution in [3.8, 4) is 0 Å². The molecular formula is C24H22N4O3. The lowest BCUT2D eigenvalue weighted by Crippen LogP contribution is -2.52. The molecule has 3 unspecified atom stereocenters. The topological polar surface area (TPSA) is 90.9 Å². The van der Waals surface area contributed by atoms with Gasteiger partial charge in [-0.15, -0.1) is 0 Å². The molecule has 2 aliphatic rings. The lowest BCUT2D eigenvalue weighted by Gasteiger charge is -2.31. The third-order valence-corrected chi connectivity index (χ3v) is 5.32. The Kier molecular flexibility index (Phi) is 5.75. The molecule has 2 N–H and O–H groups in total. The Bertz CT molecular complexity index is 1080. The van der Waals surface area contributed by atoms with E-state index in [1.807, 2.05) is 54.6 Å². The van der Waals surface area contributed by atoms with Gasteiger partial charge in [-0.2, -0.15) is 0 Å². The van der Waals surface area contributed by atoms with Gasteiger partial charge in [-0.25, -0.2) is 4.79 Å². The highest BCUT2D eigenvalue weighted by Gasteiger charge is 2.38. The zero-order valence-electron chi connectivity index (χ0n) is 16.9. The summed E-state index contributed by atoms with van der Waals surface area (Å²) in [6, 6.07) is 16.9. The number of aliphatic imine (C=N–C) groups is 1. The third-order valence-electron chi connectivity index (χ3n) is 5.32. The molecule has 0 aromatic heterocycles. The fraction of sp³-hybridized carbons (Fsp3) is 0.167. The van der Waals surface area contributed by atoms with Crippen LogP contribution in [-0.4, -0.2) is 47.7 Å². The number of benzene rings is 2. The summed E-state index contributed by atoms with van der Waals surface area (Å²) < 4.78 is 0. The monoisotopic (exact) mass is 414 g/mol. The Balaban J connectivity index is 1.61. The average molecular weight is 414 g/mol. The molecule has 0 saturated carbocycles. The summed E-state index contributed by atoms with van der Waals surface area (Å²) in [6.45, 7) is 0. The van der Waals surface area contributed by atoms with Gasteiger partial charge in [-0.3, -0.25) is 19.9 Å². The molecule has 3 atom stereocenters. The molecule has 4 rings (SSSR count). The summed E-state index contributed by atoms with van der Waals surface area (Å²) in [6.07, 6.45) is 6.62. The van der Waals surface area contributed by atoms with E-state index in [-0.39, 0.29) is 17.9 Å². The molecule has 2 aromatic carbocycles. The summed E-state index contributed by atoms with van der Waals surface area (Å²) in [5.74, 6) is -1.07. The molecule has 0 fully saturated rings. The van der Waals surface area contributed by atoms with E-state index < -0.39 is 18.1 Å². The van der Waals surface area contributed by atoms with E-state index in [4.69, 9.17) is 0 Å². The molecule has 156 valence electrons. The third kappa shape index (κ3) is 4.30. The van der Waals surface area contributed by atoms with Gasteiger partial charge < -0.3 is 10.2 Å². The Hall–Kier alpha value is -4.00. The van der Waals surface area contributed by atoms with Gasteiger partial charge in [0.1, 0.15) is 0 Å². The quantitative estimate of drug-likeness (QED) is 0.809. The van der Waals surface area contributed by atoms with Crippen LogP contribution in [0.3, 0.4) is 0 Å². The molecule has 0 spiro atoms. The van der Waals surface area contributed by atoms with Gasteiger partial charge in [0.2, 0.25) is 6.17 Å². The van der Waals surface area contributed by atoms with Crippen molar-refractivity contribution in [2.24, 2.45) is 10.9 Å². The van der Waals surface area contributed by atoms with Crippen molar-refractivity contribution < 1.29 is 14.4 Å². The minimum atomic E-state index is -1.16. The van der Waals surface area contributed by atoms with Gasteiger partial charge >= 0.3 is 6.03 Å². The molecule has 4 amide bonds. The number of likely N-dealkylation sites (N-methyl/N-ethyl adjacent to an activating group) is 1. The van der Waals surface area contributed by atoms with E-state index in [1.54, 1.807) is 42.3 Å². The lowest BCUT2D eigenvalue weighted by molar-refractivity contribution is -0.132. The first-order valence-corrected chi connectivity index (χ1v) is 9.96. The van der Waals surface area contributed by atoms with Gasteiger partial charge in [0.25, 0.3) is 11.8 Å². The Morgan fingerprint density at radius 2 is 1.58 bits per heavy atom. The lowest BCUT2D eigenvalue weighted by atomic mass is 9.86. The maximum atomic E-state index is 13.1. The van der Waals surface area contributed by atoms with Crippen molar-refractivity contribution in [2.75, 3.05) is 7.05 Å². The van der Waals surface area contributed by atoms with Crippen LogP contribution >= 0.6 is 0 Å². The number of hydrogen-bond acceptors (Lipinski definition) is 4. The van der Waals surface area contributed by atoms with Gasteiger partial charge in [-0.1, -0.05) is 72.8 Å². The molecule has 0 bridgehead atoms. The molecule has 1 aliphatic carbocycles. The Morgan fingerprint density at radius 3 is 2.29 bits per heavy atom. The summed E-state index contributed by atoms with van der Waals surface area (Å²) in [5.41, 5.74) is 1.91. The highest BCUT2D eigenvalue weighted by atomic mass is 16.2. The van der Waals surface area contributed by atoms with E-state index in [2.05, 4.69) is 15.6 Å². The molecular weight excluding hydrogens is 392 g/mol. The van der Waals surface area contributed by atoms with Crippen LogP contribution in [0.25, 0.3) is 0 Å². The first kappa shape index (κ1) is 20.3. The minimum absolute atomic E-state index is 0.151. The predicted molar refractivity (Wildman–Crippen MR) is 118 cm³/mol. The number of rotatable bonds is 3. The Morgan fingerprint density at radius 1 is 0.935 bits per heavy atom. The second-order valence-electron chi connectivity index (χ2n) is 7.31. The van der Waals surface area contributed by atoms with Crippen LogP contribution in [0.1, 0.15) is 15.9 Å². The van der Waals surface area contributed by atoms with Crippen molar-refractivity contribution in [3.63, 3.8) is 0 Å². The van der Waals surface area contributed by atoms with Crippen molar-refractivity contribution in [1.29, 1.82) is 0 Å². The van der Waals surface area contributed by atoms with Crippen LogP contribution in [0, 0.1) is 5.92 Å². The molecule has 0 saturated heterocycles. The molecule has 1 heterocycles. The number of amides is 4. The molecule has 7 heteroatoms. The van der Waals surface area contributed by atoms with Gasteiger partial charge in [0.15, 0.2) is 0 Å². The average Bonchev–Trinajstić information content (AvgIpc) is 2.91. The number of carbonyl (C=O) groups is 3. The van der Waals surface area contributed by atoms with E-state index in [0.717, 1.165) is 5.56 Å². The van der Waals surface area contributed by atoms with E-state index in [1.165, 1.54) is 0 Å². The normalized spacial score (nSPS) is 22.2. The van der Waals surface area contributed by atoms with Crippen molar-refractivity contribution >= 4 is 23.6 Å². The standard InChI is InChI=1S/C24H22N4O3/c1-28-19-15-9-8-14-18(19)20(16-10-4-2-5-11-16)25-21(23(28)30)26-24(31)27-22(29)17-12-6-3-7-13-17/h2-15,18-19,21H,1H3,(H2,26,27,29,31). The number of nitrogens with zero attached hydrogens (tertiary/aromatic N) is 2. The second-order valence-corrected chi connectivity index (χ2v) is 7.31. The van der Waals surface area contributed by atoms with E-state index >= 15 is 0 Å². The smallest absolute Gasteiger partial charge is 0.323 e. The second kappa shape index (κ2) is 8.79. The highest BCUT2D eigenvalue weighted by molar-refractivity contribution is 6.08. The highest BCUT2D eigenvalue weighted by Crippen LogP contribution is 2.27. The number of allylic oxidation sites excluding steroid dienone is 2. The van der Waals surface area contributed by atoms with Crippen molar-refractivity contribution in [1.82, 2.24) is 15.5 Å². The van der Waals surface area contributed by atoms with E-state index in [0.29, 0.717) is 11.3 Å². The summed E-state index contributed by atoms with van der Waals surface area (Å²) >= 11 is 0. The number of imide groups is 1. The summed E-state index contributed by atoms with van der Waals surface area (Å²) in [7, 11) is 1.69. The summed E-state index contributed by atoms with van der Waals surface area (Å²) in [5, 5.41) is 4.81. The number of carbonyl (C=O) groups excluding carboxylic acids is 3. The summed E-state index contributed by atoms with van der Waals surface area (Å²) in [4.78, 5) is 44.1. The Labute approximate surface area is 180 Å². The van der Waals surface area contributed by atoms with Crippen LogP contribution in [0.15, 0.2) is 90.0 Å². The van der Waals surface area contributed by atoms with Crippen molar-refractivity contribution in [3.05, 3.63) is 96.1 Å². The number of hydrogen-bond donors (Lipinski definition) is 2. The number of nitrogens with one attached hydrogen (secondary N) is 2. The van der Waals surface area contributed by atoms with Crippen LogP contribution in [0.5, 0.6) is 0 Å². The van der Waals surface area contributed by atoms with E-state index in [9.17, 15) is 14.4 Å². The van der Waals surface area contributed by atoms with Crippen LogP contribution in [0.4, 0.5) is 4.79 Å². The zero-order valence-corrected chi connectivity index (χ0v) is 16.9. The van der Waals surface area contributed by atoms with Gasteiger partial charge in [-0.05, 0) is 17.7 Å². The molecule has 1 aliphatic heterocycles. The first-order chi connectivity index (χ1) is 15.0. The maximum Gasteiger partial charge on any atom is 0.323 e. The van der Waals surface area contributed by atoms with Crippen LogP contribution < -0.4 is 10.6 Å². The molecule has 7 nitrogen and oxygen atoms in total. The zero-order chi connectivity index (χ0) is 21.8. The molecule has 0 radical (unpaired) electrons. The van der Waals surface area contributed by atoms with Gasteiger partial charge in [0, 0.05) is 18.5 Å². The van der Waals surface area contributed by atoms with Crippen LogP contribution in [-0.2, 0) is 4.79 Å². The van der Waals surface area contributed by atoms with Crippen LogP contribution in [0.2, 0.25) is 0 Å². The predicted octanol–water partition coefficient (Wildman–Crippen LogP) is 2.52. The minimum Gasteiger partial charge on any atom is -0.335 e. The van der Waals surface area contributed by atoms with Gasteiger partial charge in [0.05, 0.1) is 11.8 Å². The maximum absolute atomic E-state index is 13.1. The first-order valence-electron chi connectivity index (χ1n) is 9.96. The largest absolute Gasteiger partial charge is 0.335 e. The fourth-order valence-electron chi connectivity index (χ4n) is 3.73. The number of urea groups is 1. The molecule has 31 heavy (non-hydrogen) atoms.